The minimum Gasteiger partial charge on any atom is -0.344 e. The summed E-state index contributed by atoms with van der Waals surface area (Å²) in [6, 6.07) is 2.00. The standard InChI is InChI=1S/C12H19N3O2S/c1-14(6-4-5-13)11(16)9-18-10-12(17)15-7-2-3-8-15/h2-4,6-10H2,1H3. The highest BCUT2D eigenvalue weighted by Crippen LogP contribution is 2.11. The molecule has 0 aromatic heterocycles. The van der Waals surface area contributed by atoms with Crippen molar-refractivity contribution < 1.29 is 9.59 Å². The van der Waals surface area contributed by atoms with E-state index in [0.717, 1.165) is 25.9 Å². The summed E-state index contributed by atoms with van der Waals surface area (Å²) in [6.45, 7) is 2.17. The Morgan fingerprint density at radius 2 is 2.00 bits per heavy atom. The molecule has 0 aliphatic carbocycles. The second-order valence-corrected chi connectivity index (χ2v) is 5.29. The molecule has 1 saturated heterocycles. The van der Waals surface area contributed by atoms with Gasteiger partial charge < -0.3 is 9.80 Å². The summed E-state index contributed by atoms with van der Waals surface area (Å²) < 4.78 is 0. The monoisotopic (exact) mass is 269 g/mol. The molecular weight excluding hydrogens is 250 g/mol. The van der Waals surface area contributed by atoms with Gasteiger partial charge in [0.05, 0.1) is 24.0 Å². The van der Waals surface area contributed by atoms with Crippen LogP contribution in [0.4, 0.5) is 0 Å². The van der Waals surface area contributed by atoms with Gasteiger partial charge in [0, 0.05) is 26.7 Å². The molecule has 1 fully saturated rings. The molecule has 0 spiro atoms. The molecule has 100 valence electrons. The van der Waals surface area contributed by atoms with E-state index in [9.17, 15) is 9.59 Å². The molecule has 5 nitrogen and oxygen atoms in total. The fourth-order valence-corrected chi connectivity index (χ4v) is 2.59. The summed E-state index contributed by atoms with van der Waals surface area (Å²) in [7, 11) is 1.68. The minimum atomic E-state index is -0.0236. The van der Waals surface area contributed by atoms with Crippen LogP contribution in [0.15, 0.2) is 0 Å². The molecule has 1 aliphatic rings. The van der Waals surface area contributed by atoms with Gasteiger partial charge in [-0.05, 0) is 12.8 Å². The predicted octanol–water partition coefficient (Wildman–Crippen LogP) is 0.714. The van der Waals surface area contributed by atoms with E-state index in [0.29, 0.717) is 24.5 Å². The molecule has 1 aliphatic heterocycles. The lowest BCUT2D eigenvalue weighted by molar-refractivity contribution is -0.127. The van der Waals surface area contributed by atoms with E-state index < -0.39 is 0 Å². The topological polar surface area (TPSA) is 64.4 Å². The van der Waals surface area contributed by atoms with E-state index >= 15 is 0 Å². The highest BCUT2D eigenvalue weighted by molar-refractivity contribution is 8.00. The van der Waals surface area contributed by atoms with E-state index in [1.54, 1.807) is 7.05 Å². The molecule has 18 heavy (non-hydrogen) atoms. The van der Waals surface area contributed by atoms with Gasteiger partial charge in [0.25, 0.3) is 0 Å². The molecule has 0 saturated carbocycles. The first-order chi connectivity index (χ1) is 8.65. The Balaban J connectivity index is 2.14. The number of hydrogen-bond acceptors (Lipinski definition) is 4. The summed E-state index contributed by atoms with van der Waals surface area (Å²) in [4.78, 5) is 26.7. The second kappa shape index (κ2) is 7.98. The Kier molecular flexibility index (Phi) is 6.58. The van der Waals surface area contributed by atoms with Gasteiger partial charge in [0.2, 0.25) is 11.8 Å². The van der Waals surface area contributed by atoms with Crippen molar-refractivity contribution in [1.29, 1.82) is 5.26 Å². The molecule has 0 atom stereocenters. The number of hydrogen-bond donors (Lipinski definition) is 0. The van der Waals surface area contributed by atoms with Crippen LogP contribution in [0.25, 0.3) is 0 Å². The molecular formula is C12H19N3O2S. The van der Waals surface area contributed by atoms with Crippen molar-refractivity contribution in [2.24, 2.45) is 0 Å². The lowest BCUT2D eigenvalue weighted by Gasteiger charge is -2.16. The fraction of sp³-hybridized carbons (Fsp3) is 0.750. The Morgan fingerprint density at radius 3 is 2.61 bits per heavy atom. The SMILES string of the molecule is CN(CCC#N)C(=O)CSCC(=O)N1CCCC1. The van der Waals surface area contributed by atoms with Crippen LogP contribution >= 0.6 is 11.8 Å². The van der Waals surface area contributed by atoms with E-state index in [1.165, 1.54) is 16.7 Å². The lowest BCUT2D eigenvalue weighted by Crippen LogP contribution is -2.31. The molecule has 0 N–H and O–H groups in total. The Labute approximate surface area is 112 Å². The van der Waals surface area contributed by atoms with Crippen molar-refractivity contribution in [2.45, 2.75) is 19.3 Å². The average Bonchev–Trinajstić information content (AvgIpc) is 2.89. The minimum absolute atomic E-state index is 0.0236. The Bertz CT molecular complexity index is 335. The van der Waals surface area contributed by atoms with Crippen LogP contribution in [0.2, 0.25) is 0 Å². The second-order valence-electron chi connectivity index (χ2n) is 4.30. The van der Waals surface area contributed by atoms with E-state index in [-0.39, 0.29) is 11.8 Å². The highest BCUT2D eigenvalue weighted by atomic mass is 32.2. The van der Waals surface area contributed by atoms with Crippen molar-refractivity contribution in [3.63, 3.8) is 0 Å². The Morgan fingerprint density at radius 1 is 1.33 bits per heavy atom. The van der Waals surface area contributed by atoms with Gasteiger partial charge in [-0.1, -0.05) is 0 Å². The number of carbonyl (C=O) groups excluding carboxylic acids is 2. The van der Waals surface area contributed by atoms with E-state index in [1.807, 2.05) is 11.0 Å². The molecule has 6 heteroatoms. The maximum atomic E-state index is 11.7. The molecule has 0 radical (unpaired) electrons. The molecule has 0 aromatic carbocycles. The van der Waals surface area contributed by atoms with Gasteiger partial charge >= 0.3 is 0 Å². The molecule has 2 amide bonds. The maximum Gasteiger partial charge on any atom is 0.232 e. The summed E-state index contributed by atoms with van der Waals surface area (Å²) in [6.07, 6.45) is 2.53. The largest absolute Gasteiger partial charge is 0.344 e. The van der Waals surface area contributed by atoms with E-state index in [4.69, 9.17) is 5.26 Å². The quantitative estimate of drug-likeness (QED) is 0.712. The molecule has 1 rings (SSSR count). The summed E-state index contributed by atoms with van der Waals surface area (Å²) in [5, 5.41) is 8.42. The zero-order valence-corrected chi connectivity index (χ0v) is 11.5. The van der Waals surface area contributed by atoms with Crippen LogP contribution < -0.4 is 0 Å². The molecule has 0 bridgehead atoms. The van der Waals surface area contributed by atoms with Crippen LogP contribution in [0.3, 0.4) is 0 Å². The third-order valence-electron chi connectivity index (χ3n) is 2.89. The van der Waals surface area contributed by atoms with Crippen molar-refractivity contribution in [2.75, 3.05) is 38.2 Å². The number of thioether (sulfide) groups is 1. The number of nitriles is 1. The zero-order valence-electron chi connectivity index (χ0n) is 10.7. The van der Waals surface area contributed by atoms with Gasteiger partial charge in [-0.25, -0.2) is 0 Å². The number of carbonyl (C=O) groups is 2. The Hall–Kier alpha value is -1.22. The van der Waals surface area contributed by atoms with Crippen LogP contribution in [0, 0.1) is 11.3 Å². The summed E-state index contributed by atoms with van der Waals surface area (Å²) in [5.41, 5.74) is 0. The number of amides is 2. The van der Waals surface area contributed by atoms with Crippen LogP contribution in [-0.2, 0) is 9.59 Å². The number of rotatable bonds is 6. The maximum absolute atomic E-state index is 11.7. The first kappa shape index (κ1) is 14.8. The summed E-state index contributed by atoms with van der Waals surface area (Å²) >= 11 is 1.35. The van der Waals surface area contributed by atoms with Gasteiger partial charge in [-0.15, -0.1) is 11.8 Å². The van der Waals surface area contributed by atoms with Crippen LogP contribution in [0.1, 0.15) is 19.3 Å². The lowest BCUT2D eigenvalue weighted by atomic mass is 10.4. The molecule has 0 aromatic rings. The van der Waals surface area contributed by atoms with Crippen molar-refractivity contribution in [3.8, 4) is 6.07 Å². The van der Waals surface area contributed by atoms with Gasteiger partial charge in [0.15, 0.2) is 0 Å². The van der Waals surface area contributed by atoms with Crippen molar-refractivity contribution in [3.05, 3.63) is 0 Å². The third-order valence-corrected chi connectivity index (χ3v) is 3.80. The van der Waals surface area contributed by atoms with Crippen LogP contribution in [-0.4, -0.2) is 59.8 Å². The van der Waals surface area contributed by atoms with Gasteiger partial charge in [0.1, 0.15) is 0 Å². The smallest absolute Gasteiger partial charge is 0.232 e. The molecule has 0 unspecified atom stereocenters. The van der Waals surface area contributed by atoms with Crippen LogP contribution in [0.5, 0.6) is 0 Å². The summed E-state index contributed by atoms with van der Waals surface area (Å²) in [5.74, 6) is 0.786. The highest BCUT2D eigenvalue weighted by Gasteiger charge is 2.18. The predicted molar refractivity (Wildman–Crippen MR) is 71.0 cm³/mol. The van der Waals surface area contributed by atoms with E-state index in [2.05, 4.69) is 0 Å². The first-order valence-corrected chi connectivity index (χ1v) is 7.27. The molecule has 1 heterocycles. The number of likely N-dealkylation sites (tertiary alicyclic amines) is 1. The number of nitrogens with zero attached hydrogens (tertiary/aromatic N) is 3. The third kappa shape index (κ3) is 4.96. The van der Waals surface area contributed by atoms with Crippen molar-refractivity contribution >= 4 is 23.6 Å². The van der Waals surface area contributed by atoms with Gasteiger partial charge in [-0.3, -0.25) is 9.59 Å². The van der Waals surface area contributed by atoms with Crippen molar-refractivity contribution in [1.82, 2.24) is 9.80 Å². The fourth-order valence-electron chi connectivity index (χ4n) is 1.74. The average molecular weight is 269 g/mol. The normalized spacial score (nSPS) is 14.3. The zero-order chi connectivity index (χ0) is 13.4. The first-order valence-electron chi connectivity index (χ1n) is 6.11. The van der Waals surface area contributed by atoms with Gasteiger partial charge in [-0.2, -0.15) is 5.26 Å².